The van der Waals surface area contributed by atoms with Gasteiger partial charge in [-0.25, -0.2) is 4.79 Å². The summed E-state index contributed by atoms with van der Waals surface area (Å²) in [4.78, 5) is 19.5. The largest absolute Gasteiger partial charge is 0.381 e. The zero-order valence-electron chi connectivity index (χ0n) is 16.3. The number of aromatic nitrogens is 1. The highest BCUT2D eigenvalue weighted by Crippen LogP contribution is 2.25. The number of anilines is 1. The maximum atomic E-state index is 12.6. The van der Waals surface area contributed by atoms with Crippen LogP contribution in [0.4, 0.5) is 10.5 Å². The number of nitrogens with one attached hydrogen (secondary N) is 2. The number of hydrogen-bond donors (Lipinski definition) is 2. The van der Waals surface area contributed by atoms with E-state index in [2.05, 4.69) is 20.5 Å². The van der Waals surface area contributed by atoms with Crippen molar-refractivity contribution in [3.05, 3.63) is 36.0 Å². The molecule has 2 fully saturated rings. The van der Waals surface area contributed by atoms with Crippen LogP contribution in [0.25, 0.3) is 10.9 Å². The summed E-state index contributed by atoms with van der Waals surface area (Å²) in [6.45, 7) is 7.49. The molecule has 2 atom stereocenters. The molecule has 2 aliphatic rings. The molecule has 28 heavy (non-hydrogen) atoms. The molecule has 1 aromatic heterocycles. The molecule has 2 N–H and O–H groups in total. The van der Waals surface area contributed by atoms with Gasteiger partial charge in [0.15, 0.2) is 0 Å². The molecular weight excluding hydrogens is 356 g/mol. The van der Waals surface area contributed by atoms with Gasteiger partial charge in [-0.1, -0.05) is 6.07 Å². The van der Waals surface area contributed by atoms with Crippen molar-refractivity contribution in [2.24, 2.45) is 5.92 Å². The molecule has 7 heteroatoms. The molecular formula is C21H28N4O3. The second-order valence-electron chi connectivity index (χ2n) is 7.50. The maximum Gasteiger partial charge on any atom is 0.319 e. The first kappa shape index (κ1) is 19.1. The summed E-state index contributed by atoms with van der Waals surface area (Å²) in [6.07, 6.45) is 2.81. The second kappa shape index (κ2) is 8.86. The number of fused-ring (bicyclic) bond motifs is 1. The molecule has 0 radical (unpaired) electrons. The van der Waals surface area contributed by atoms with Gasteiger partial charge in [0.1, 0.15) is 0 Å². The van der Waals surface area contributed by atoms with Crippen molar-refractivity contribution in [3.63, 3.8) is 0 Å². The van der Waals surface area contributed by atoms with E-state index in [4.69, 9.17) is 9.47 Å². The molecule has 2 aromatic rings. The monoisotopic (exact) mass is 384 g/mol. The summed E-state index contributed by atoms with van der Waals surface area (Å²) >= 11 is 0. The highest BCUT2D eigenvalue weighted by molar-refractivity contribution is 6.01. The summed E-state index contributed by atoms with van der Waals surface area (Å²) in [7, 11) is 0. The molecule has 0 spiro atoms. The van der Waals surface area contributed by atoms with Crippen molar-refractivity contribution in [2.45, 2.75) is 19.4 Å². The second-order valence-corrected chi connectivity index (χ2v) is 7.50. The number of amides is 2. The van der Waals surface area contributed by atoms with Gasteiger partial charge in [-0.2, -0.15) is 0 Å². The van der Waals surface area contributed by atoms with Crippen LogP contribution in [0.2, 0.25) is 0 Å². The summed E-state index contributed by atoms with van der Waals surface area (Å²) in [5, 5.41) is 7.02. The summed E-state index contributed by atoms with van der Waals surface area (Å²) in [5.74, 6) is 0.447. The van der Waals surface area contributed by atoms with Crippen LogP contribution in [0.1, 0.15) is 12.0 Å². The van der Waals surface area contributed by atoms with Crippen molar-refractivity contribution in [2.75, 3.05) is 51.4 Å². The molecule has 0 unspecified atom stereocenters. The zero-order chi connectivity index (χ0) is 19.3. The Kier molecular flexibility index (Phi) is 6.04. The molecule has 0 aliphatic carbocycles. The van der Waals surface area contributed by atoms with Crippen LogP contribution in [-0.2, 0) is 9.47 Å². The van der Waals surface area contributed by atoms with E-state index in [-0.39, 0.29) is 12.1 Å². The minimum atomic E-state index is -0.189. The first-order valence-corrected chi connectivity index (χ1v) is 10.0. The number of pyridine rings is 1. The number of nitrogens with zero attached hydrogens (tertiary/aromatic N) is 2. The third kappa shape index (κ3) is 4.27. The number of benzene rings is 1. The quantitative estimate of drug-likeness (QED) is 0.828. The van der Waals surface area contributed by atoms with E-state index in [1.807, 2.05) is 31.2 Å². The minimum Gasteiger partial charge on any atom is -0.381 e. The van der Waals surface area contributed by atoms with Crippen molar-refractivity contribution in [1.82, 2.24) is 15.2 Å². The van der Waals surface area contributed by atoms with Gasteiger partial charge in [0, 0.05) is 49.8 Å². The van der Waals surface area contributed by atoms with Crippen LogP contribution in [0.15, 0.2) is 30.5 Å². The van der Waals surface area contributed by atoms with Gasteiger partial charge in [-0.3, -0.25) is 9.88 Å². The number of rotatable bonds is 5. The maximum absolute atomic E-state index is 12.6. The lowest BCUT2D eigenvalue weighted by atomic mass is 9.97. The Morgan fingerprint density at radius 3 is 2.89 bits per heavy atom. The Labute approximate surface area is 165 Å². The van der Waals surface area contributed by atoms with Crippen molar-refractivity contribution in [1.29, 1.82) is 0 Å². The highest BCUT2D eigenvalue weighted by atomic mass is 16.5. The Hall–Kier alpha value is -2.22. The number of urea groups is 1. The van der Waals surface area contributed by atoms with Crippen LogP contribution < -0.4 is 10.6 Å². The molecule has 150 valence electrons. The van der Waals surface area contributed by atoms with E-state index in [1.54, 1.807) is 6.20 Å². The number of hydrogen-bond acceptors (Lipinski definition) is 5. The molecule has 0 bridgehead atoms. The number of carbonyl (C=O) groups is 1. The molecule has 2 amide bonds. The van der Waals surface area contributed by atoms with Crippen LogP contribution in [0.3, 0.4) is 0 Å². The minimum absolute atomic E-state index is 0.189. The average molecular weight is 384 g/mol. The Morgan fingerprint density at radius 2 is 2.11 bits per heavy atom. The van der Waals surface area contributed by atoms with Crippen LogP contribution in [0, 0.1) is 12.8 Å². The summed E-state index contributed by atoms with van der Waals surface area (Å²) in [5.41, 5.74) is 2.78. The van der Waals surface area contributed by atoms with E-state index < -0.39 is 0 Å². The lowest BCUT2D eigenvalue weighted by molar-refractivity contribution is 0.00222. The Morgan fingerprint density at radius 1 is 1.25 bits per heavy atom. The first-order chi connectivity index (χ1) is 13.7. The number of ether oxygens (including phenoxy) is 2. The van der Waals surface area contributed by atoms with E-state index in [0.29, 0.717) is 12.5 Å². The third-order valence-corrected chi connectivity index (χ3v) is 5.72. The van der Waals surface area contributed by atoms with Crippen LogP contribution in [-0.4, -0.2) is 68.0 Å². The lowest BCUT2D eigenvalue weighted by Gasteiger charge is -2.37. The fraction of sp³-hybridized carbons (Fsp3) is 0.524. The fourth-order valence-corrected chi connectivity index (χ4v) is 4.15. The molecule has 1 aromatic carbocycles. The smallest absolute Gasteiger partial charge is 0.319 e. The number of aryl methyl sites for hydroxylation is 1. The van der Waals surface area contributed by atoms with Gasteiger partial charge in [-0.05, 0) is 37.1 Å². The van der Waals surface area contributed by atoms with Gasteiger partial charge >= 0.3 is 6.03 Å². The standard InChI is InChI=1S/C21H28N4O3/c1-15-4-5-18(17-3-2-7-22-20(15)17)24-21(26)23-13-19(16-6-10-28-14-16)25-8-11-27-12-9-25/h2-5,7,16,19H,6,8-14H2,1H3,(H2,23,24,26)/t16-,19+/m1/s1. The molecule has 3 heterocycles. The molecule has 2 saturated heterocycles. The molecule has 7 nitrogen and oxygen atoms in total. The van der Waals surface area contributed by atoms with Crippen LogP contribution >= 0.6 is 0 Å². The van der Waals surface area contributed by atoms with Crippen molar-refractivity contribution in [3.8, 4) is 0 Å². The molecule has 4 rings (SSSR count). The van der Waals surface area contributed by atoms with Gasteiger partial charge in [0.05, 0.1) is 31.0 Å². The lowest BCUT2D eigenvalue weighted by Crippen LogP contribution is -2.52. The van der Waals surface area contributed by atoms with Crippen molar-refractivity contribution < 1.29 is 14.3 Å². The topological polar surface area (TPSA) is 75.7 Å². The zero-order valence-corrected chi connectivity index (χ0v) is 16.3. The number of morpholine rings is 1. The van der Waals surface area contributed by atoms with Crippen molar-refractivity contribution >= 4 is 22.6 Å². The Bertz CT molecular complexity index is 816. The van der Waals surface area contributed by atoms with E-state index in [9.17, 15) is 4.79 Å². The average Bonchev–Trinajstić information content (AvgIpc) is 3.26. The van der Waals surface area contributed by atoms with Gasteiger partial charge < -0.3 is 20.1 Å². The third-order valence-electron chi connectivity index (χ3n) is 5.72. The van der Waals surface area contributed by atoms with E-state index in [1.165, 1.54) is 0 Å². The van der Waals surface area contributed by atoms with Gasteiger partial charge in [-0.15, -0.1) is 0 Å². The van der Waals surface area contributed by atoms with Gasteiger partial charge in [0.25, 0.3) is 0 Å². The fourth-order valence-electron chi connectivity index (χ4n) is 4.15. The first-order valence-electron chi connectivity index (χ1n) is 10.0. The highest BCUT2D eigenvalue weighted by Gasteiger charge is 2.31. The van der Waals surface area contributed by atoms with E-state index >= 15 is 0 Å². The molecule has 2 aliphatic heterocycles. The summed E-state index contributed by atoms with van der Waals surface area (Å²) < 4.78 is 11.1. The summed E-state index contributed by atoms with van der Waals surface area (Å²) in [6, 6.07) is 7.87. The molecule has 0 saturated carbocycles. The normalized spacial score (nSPS) is 21.5. The Balaban J connectivity index is 1.42. The van der Waals surface area contributed by atoms with Crippen LogP contribution in [0.5, 0.6) is 0 Å². The predicted molar refractivity (Wildman–Crippen MR) is 109 cm³/mol. The van der Waals surface area contributed by atoms with Gasteiger partial charge in [0.2, 0.25) is 0 Å². The predicted octanol–water partition coefficient (Wildman–Crippen LogP) is 2.40. The SMILES string of the molecule is Cc1ccc(NC(=O)NC[C@@H]([C@@H]2CCOC2)N2CCOCC2)c2cccnc12. The number of carbonyl (C=O) groups excluding carboxylic acids is 1. The van der Waals surface area contributed by atoms with E-state index in [0.717, 1.165) is 68.1 Å².